The summed E-state index contributed by atoms with van der Waals surface area (Å²) in [6.45, 7) is 0. The van der Waals surface area contributed by atoms with Crippen molar-refractivity contribution in [2.75, 3.05) is 0 Å². The van der Waals surface area contributed by atoms with E-state index in [1.807, 2.05) is 0 Å². The van der Waals surface area contributed by atoms with Gasteiger partial charge in [-0.15, -0.1) is 17.9 Å². The molecule has 0 saturated heterocycles. The van der Waals surface area contributed by atoms with Gasteiger partial charge in [-0.25, -0.2) is 4.68 Å². The highest BCUT2D eigenvalue weighted by molar-refractivity contribution is 5.22. The summed E-state index contributed by atoms with van der Waals surface area (Å²) >= 11 is 0. The summed E-state index contributed by atoms with van der Waals surface area (Å²) in [6.07, 6.45) is 10.1. The highest BCUT2D eigenvalue weighted by Gasteiger charge is 1.99. The SMILES string of the molecule is C#Cc1nc(C#C)n(C)n1. The van der Waals surface area contributed by atoms with Crippen molar-refractivity contribution in [1.82, 2.24) is 14.8 Å². The molecule has 0 saturated carbocycles. The molecule has 0 radical (unpaired) electrons. The van der Waals surface area contributed by atoms with E-state index in [1.54, 1.807) is 7.05 Å². The highest BCUT2D eigenvalue weighted by Crippen LogP contribution is 1.91. The Morgan fingerprint density at radius 3 is 2.40 bits per heavy atom. The Balaban J connectivity index is 3.23. The van der Waals surface area contributed by atoms with Crippen molar-refractivity contribution in [3.05, 3.63) is 11.6 Å². The zero-order valence-corrected chi connectivity index (χ0v) is 5.50. The minimum atomic E-state index is 0.329. The summed E-state index contributed by atoms with van der Waals surface area (Å²) < 4.78 is 1.47. The topological polar surface area (TPSA) is 30.7 Å². The van der Waals surface area contributed by atoms with E-state index < -0.39 is 0 Å². The second-order valence-corrected chi connectivity index (χ2v) is 1.67. The van der Waals surface area contributed by atoms with E-state index in [-0.39, 0.29) is 0 Å². The maximum Gasteiger partial charge on any atom is 0.226 e. The van der Waals surface area contributed by atoms with Gasteiger partial charge in [-0.05, 0) is 11.8 Å². The molecule has 1 heterocycles. The fourth-order valence-electron chi connectivity index (χ4n) is 0.571. The highest BCUT2D eigenvalue weighted by atomic mass is 15.3. The Morgan fingerprint density at radius 1 is 1.40 bits per heavy atom. The normalized spacial score (nSPS) is 8.30. The molecule has 0 aliphatic rings. The Kier molecular flexibility index (Phi) is 1.43. The van der Waals surface area contributed by atoms with Crippen LogP contribution >= 0.6 is 0 Å². The van der Waals surface area contributed by atoms with Crippen LogP contribution in [0.4, 0.5) is 0 Å². The lowest BCUT2D eigenvalue weighted by Gasteiger charge is -1.84. The standard InChI is InChI=1S/C7H5N3/c1-4-6-8-7(5-2)10(3)9-6/h1-2H,3H3. The molecular formula is C7H5N3. The van der Waals surface area contributed by atoms with Gasteiger partial charge in [-0.2, -0.15) is 4.98 Å². The van der Waals surface area contributed by atoms with Gasteiger partial charge >= 0.3 is 0 Å². The van der Waals surface area contributed by atoms with Crippen LogP contribution in [0.25, 0.3) is 0 Å². The molecule has 48 valence electrons. The van der Waals surface area contributed by atoms with E-state index >= 15 is 0 Å². The van der Waals surface area contributed by atoms with Crippen molar-refractivity contribution in [2.45, 2.75) is 0 Å². The molecule has 3 nitrogen and oxygen atoms in total. The van der Waals surface area contributed by atoms with Crippen LogP contribution < -0.4 is 0 Å². The average molecular weight is 131 g/mol. The molecule has 3 heteroatoms. The Morgan fingerprint density at radius 2 is 2.10 bits per heavy atom. The molecular weight excluding hydrogens is 126 g/mol. The summed E-state index contributed by atoms with van der Waals surface area (Å²) in [5.74, 6) is 5.41. The predicted octanol–water partition coefficient (Wildman–Crippen LogP) is -0.222. The number of hydrogen-bond acceptors (Lipinski definition) is 2. The molecule has 0 aromatic carbocycles. The first-order valence-electron chi connectivity index (χ1n) is 2.62. The van der Waals surface area contributed by atoms with Gasteiger partial charge in [0.05, 0.1) is 0 Å². The van der Waals surface area contributed by atoms with Crippen LogP contribution in [0.5, 0.6) is 0 Å². The fourth-order valence-corrected chi connectivity index (χ4v) is 0.571. The van der Waals surface area contributed by atoms with Gasteiger partial charge in [0, 0.05) is 7.05 Å². The monoisotopic (exact) mass is 131 g/mol. The zero-order valence-electron chi connectivity index (χ0n) is 5.50. The average Bonchev–Trinajstić information content (AvgIpc) is 2.30. The second kappa shape index (κ2) is 2.24. The van der Waals surface area contributed by atoms with Crippen molar-refractivity contribution in [3.63, 3.8) is 0 Å². The zero-order chi connectivity index (χ0) is 7.56. The Hall–Kier alpha value is -1.74. The smallest absolute Gasteiger partial charge is 0.226 e. The quantitative estimate of drug-likeness (QED) is 0.456. The second-order valence-electron chi connectivity index (χ2n) is 1.67. The van der Waals surface area contributed by atoms with Gasteiger partial charge < -0.3 is 0 Å². The van der Waals surface area contributed by atoms with E-state index in [1.165, 1.54) is 4.68 Å². The summed E-state index contributed by atoms with van der Waals surface area (Å²) in [5.41, 5.74) is 0. The molecule has 0 N–H and O–H groups in total. The van der Waals surface area contributed by atoms with Gasteiger partial charge in [-0.1, -0.05) is 0 Å². The van der Waals surface area contributed by atoms with Gasteiger partial charge in [-0.3, -0.25) is 0 Å². The van der Waals surface area contributed by atoms with Gasteiger partial charge in [0.1, 0.15) is 0 Å². The van der Waals surface area contributed by atoms with Crippen LogP contribution in [0.1, 0.15) is 11.6 Å². The van der Waals surface area contributed by atoms with Crippen LogP contribution in [0.3, 0.4) is 0 Å². The van der Waals surface area contributed by atoms with Crippen LogP contribution in [-0.4, -0.2) is 14.8 Å². The molecule has 1 aromatic heterocycles. The number of hydrogen-bond donors (Lipinski definition) is 0. The molecule has 1 rings (SSSR count). The summed E-state index contributed by atoms with van der Waals surface area (Å²) in [6, 6.07) is 0. The lowest BCUT2D eigenvalue weighted by atomic mass is 10.6. The van der Waals surface area contributed by atoms with E-state index in [9.17, 15) is 0 Å². The van der Waals surface area contributed by atoms with Crippen LogP contribution in [-0.2, 0) is 7.05 Å². The number of terminal acetylenes is 2. The van der Waals surface area contributed by atoms with Crippen LogP contribution in [0, 0.1) is 24.7 Å². The molecule has 0 amide bonds. The van der Waals surface area contributed by atoms with Crippen molar-refractivity contribution >= 4 is 0 Å². The molecule has 0 unspecified atom stereocenters. The predicted molar refractivity (Wildman–Crippen MR) is 36.9 cm³/mol. The fraction of sp³-hybridized carbons (Fsp3) is 0.143. The van der Waals surface area contributed by atoms with Crippen molar-refractivity contribution in [1.29, 1.82) is 0 Å². The van der Waals surface area contributed by atoms with E-state index in [0.717, 1.165) is 0 Å². The third kappa shape index (κ3) is 0.852. The van der Waals surface area contributed by atoms with Crippen LogP contribution in [0.15, 0.2) is 0 Å². The largest absolute Gasteiger partial charge is 0.241 e. The lowest BCUT2D eigenvalue weighted by molar-refractivity contribution is 0.752. The third-order valence-corrected chi connectivity index (χ3v) is 1.02. The molecule has 0 fully saturated rings. The summed E-state index contributed by atoms with van der Waals surface area (Å²) in [7, 11) is 1.70. The van der Waals surface area contributed by atoms with Crippen molar-refractivity contribution < 1.29 is 0 Å². The van der Waals surface area contributed by atoms with E-state index in [2.05, 4.69) is 21.9 Å². The first-order valence-corrected chi connectivity index (χ1v) is 2.62. The van der Waals surface area contributed by atoms with Crippen molar-refractivity contribution in [2.24, 2.45) is 7.05 Å². The van der Waals surface area contributed by atoms with Crippen LogP contribution in [0.2, 0.25) is 0 Å². The summed E-state index contributed by atoms with van der Waals surface area (Å²) in [4.78, 5) is 3.83. The lowest BCUT2D eigenvalue weighted by Crippen LogP contribution is -1.93. The molecule has 0 bridgehead atoms. The minimum Gasteiger partial charge on any atom is -0.241 e. The van der Waals surface area contributed by atoms with Crippen molar-refractivity contribution in [3.8, 4) is 24.7 Å². The molecule has 1 aromatic rings. The first-order chi connectivity index (χ1) is 4.77. The third-order valence-electron chi connectivity index (χ3n) is 1.02. The molecule has 10 heavy (non-hydrogen) atoms. The number of aryl methyl sites for hydroxylation is 1. The maximum atomic E-state index is 5.08. The Labute approximate surface area is 59.1 Å². The maximum absolute atomic E-state index is 5.08. The number of aromatic nitrogens is 3. The number of rotatable bonds is 0. The van der Waals surface area contributed by atoms with E-state index in [0.29, 0.717) is 11.6 Å². The first kappa shape index (κ1) is 6.38. The Bertz CT molecular complexity index is 322. The van der Waals surface area contributed by atoms with Gasteiger partial charge in [0.25, 0.3) is 0 Å². The molecule has 0 spiro atoms. The molecule has 0 aliphatic carbocycles. The van der Waals surface area contributed by atoms with Gasteiger partial charge in [0.2, 0.25) is 11.6 Å². The minimum absolute atomic E-state index is 0.329. The van der Waals surface area contributed by atoms with E-state index in [4.69, 9.17) is 12.8 Å². The molecule has 0 aliphatic heterocycles. The molecule has 0 atom stereocenters. The van der Waals surface area contributed by atoms with Gasteiger partial charge in [0.15, 0.2) is 0 Å². The summed E-state index contributed by atoms with van der Waals surface area (Å²) in [5, 5.41) is 3.83. The number of nitrogens with zero attached hydrogens (tertiary/aromatic N) is 3.